The maximum Gasteiger partial charge on any atom is 0.276 e. The van der Waals surface area contributed by atoms with E-state index in [1.807, 2.05) is 19.1 Å². The summed E-state index contributed by atoms with van der Waals surface area (Å²) in [7, 11) is 0. The largest absolute Gasteiger partial charge is 0.493 e. The normalized spacial score (nSPS) is 10.2. The first kappa shape index (κ1) is 20.8. The Bertz CT molecular complexity index is 795. The molecule has 2 aromatic rings. The molecule has 0 aromatic heterocycles. The molecular weight excluding hydrogens is 412 g/mol. The van der Waals surface area contributed by atoms with Crippen LogP contribution in [0.25, 0.3) is 0 Å². The highest BCUT2D eigenvalue weighted by Gasteiger charge is 2.13. The minimum Gasteiger partial charge on any atom is -0.493 e. The van der Waals surface area contributed by atoms with Gasteiger partial charge in [-0.05, 0) is 59.1 Å². The fraction of sp³-hybridized carbons (Fsp3) is 0.300. The van der Waals surface area contributed by atoms with E-state index in [0.717, 1.165) is 22.9 Å². The van der Waals surface area contributed by atoms with Crippen molar-refractivity contribution in [2.45, 2.75) is 26.7 Å². The second kappa shape index (κ2) is 10.6. The highest BCUT2D eigenvalue weighted by Crippen LogP contribution is 2.25. The smallest absolute Gasteiger partial charge is 0.276 e. The number of rotatable bonds is 8. The molecule has 0 aliphatic heterocycles. The van der Waals surface area contributed by atoms with Crippen LogP contribution in [0.2, 0.25) is 0 Å². The Balaban J connectivity index is 1.85. The number of benzene rings is 2. The van der Waals surface area contributed by atoms with E-state index in [0.29, 0.717) is 23.7 Å². The lowest BCUT2D eigenvalue weighted by Crippen LogP contribution is -2.44. The Morgan fingerprint density at radius 2 is 1.81 bits per heavy atom. The van der Waals surface area contributed by atoms with Crippen molar-refractivity contribution in [2.75, 3.05) is 13.2 Å². The van der Waals surface area contributed by atoms with Crippen molar-refractivity contribution in [2.24, 2.45) is 0 Å². The van der Waals surface area contributed by atoms with Crippen LogP contribution in [0, 0.1) is 6.92 Å². The predicted molar refractivity (Wildman–Crippen MR) is 107 cm³/mol. The molecule has 0 heterocycles. The lowest BCUT2D eigenvalue weighted by molar-refractivity contribution is -0.123. The molecule has 0 aliphatic rings. The summed E-state index contributed by atoms with van der Waals surface area (Å²) < 4.78 is 11.8. The number of unbranched alkanes of at least 4 members (excludes halogenated alkanes) is 1. The minimum atomic E-state index is -0.472. The molecule has 6 nitrogen and oxygen atoms in total. The Labute approximate surface area is 167 Å². The first-order valence-electron chi connectivity index (χ1n) is 8.71. The third-order valence-electron chi connectivity index (χ3n) is 3.65. The van der Waals surface area contributed by atoms with Crippen LogP contribution in [0.3, 0.4) is 0 Å². The fourth-order valence-corrected chi connectivity index (χ4v) is 2.81. The zero-order chi connectivity index (χ0) is 19.6. The van der Waals surface area contributed by atoms with E-state index >= 15 is 0 Å². The number of amides is 2. The van der Waals surface area contributed by atoms with Gasteiger partial charge in [-0.1, -0.05) is 31.5 Å². The van der Waals surface area contributed by atoms with Gasteiger partial charge in [0.1, 0.15) is 11.5 Å². The average molecular weight is 435 g/mol. The first-order chi connectivity index (χ1) is 13.0. The van der Waals surface area contributed by atoms with Crippen molar-refractivity contribution in [1.29, 1.82) is 0 Å². The lowest BCUT2D eigenvalue weighted by Gasteiger charge is -2.12. The van der Waals surface area contributed by atoms with E-state index in [1.54, 1.807) is 30.3 Å². The van der Waals surface area contributed by atoms with Gasteiger partial charge in [0.15, 0.2) is 6.61 Å². The highest BCUT2D eigenvalue weighted by atomic mass is 79.9. The molecule has 144 valence electrons. The molecule has 2 rings (SSSR count). The Kier molecular flexibility index (Phi) is 8.13. The number of carbonyl (C=O) groups excluding carboxylic acids is 2. The molecule has 2 amide bonds. The van der Waals surface area contributed by atoms with Crippen LogP contribution in [0.15, 0.2) is 46.9 Å². The number of halogens is 1. The van der Waals surface area contributed by atoms with Gasteiger partial charge in [-0.3, -0.25) is 20.4 Å². The van der Waals surface area contributed by atoms with Gasteiger partial charge in [0, 0.05) is 0 Å². The van der Waals surface area contributed by atoms with Crippen molar-refractivity contribution >= 4 is 27.7 Å². The van der Waals surface area contributed by atoms with Crippen molar-refractivity contribution in [3.8, 4) is 11.5 Å². The maximum absolute atomic E-state index is 12.3. The third-order valence-corrected chi connectivity index (χ3v) is 4.27. The number of aryl methyl sites for hydroxylation is 1. The van der Waals surface area contributed by atoms with Gasteiger partial charge in [0.2, 0.25) is 0 Å². The SMILES string of the molecule is CCCCOc1ccccc1C(=O)NNC(=O)COc1ccc(C)cc1Br. The van der Waals surface area contributed by atoms with Crippen LogP contribution in [0.4, 0.5) is 0 Å². The molecule has 0 bridgehead atoms. The van der Waals surface area contributed by atoms with Crippen LogP contribution >= 0.6 is 15.9 Å². The van der Waals surface area contributed by atoms with Gasteiger partial charge in [0.05, 0.1) is 16.6 Å². The van der Waals surface area contributed by atoms with Crippen LogP contribution in [0.5, 0.6) is 11.5 Å². The molecule has 0 radical (unpaired) electrons. The zero-order valence-corrected chi connectivity index (χ0v) is 17.0. The molecule has 0 aliphatic carbocycles. The van der Waals surface area contributed by atoms with Gasteiger partial charge in [-0.2, -0.15) is 0 Å². The van der Waals surface area contributed by atoms with E-state index < -0.39 is 11.8 Å². The number of para-hydroxylation sites is 1. The molecule has 0 unspecified atom stereocenters. The second-order valence-electron chi connectivity index (χ2n) is 5.92. The molecule has 2 aromatic carbocycles. The van der Waals surface area contributed by atoms with Crippen LogP contribution in [-0.4, -0.2) is 25.0 Å². The molecule has 2 N–H and O–H groups in total. The number of hydrazine groups is 1. The van der Waals surface area contributed by atoms with E-state index in [4.69, 9.17) is 9.47 Å². The van der Waals surface area contributed by atoms with Gasteiger partial charge in [-0.25, -0.2) is 0 Å². The molecule has 7 heteroatoms. The Morgan fingerprint density at radius 3 is 2.56 bits per heavy atom. The van der Waals surface area contributed by atoms with Crippen LogP contribution in [-0.2, 0) is 4.79 Å². The van der Waals surface area contributed by atoms with E-state index in [9.17, 15) is 9.59 Å². The molecule has 0 saturated carbocycles. The minimum absolute atomic E-state index is 0.226. The number of carbonyl (C=O) groups is 2. The summed E-state index contributed by atoms with van der Waals surface area (Å²) in [6.45, 7) is 4.33. The van der Waals surface area contributed by atoms with Crippen molar-refractivity contribution in [3.63, 3.8) is 0 Å². The third kappa shape index (κ3) is 6.60. The molecule has 27 heavy (non-hydrogen) atoms. The number of hydrogen-bond donors (Lipinski definition) is 2. The van der Waals surface area contributed by atoms with Crippen LogP contribution in [0.1, 0.15) is 35.7 Å². The number of ether oxygens (including phenoxy) is 2. The monoisotopic (exact) mass is 434 g/mol. The van der Waals surface area contributed by atoms with E-state index in [1.165, 1.54) is 0 Å². The average Bonchev–Trinajstić information content (AvgIpc) is 2.66. The summed E-state index contributed by atoms with van der Waals surface area (Å²) in [6, 6.07) is 12.5. The van der Waals surface area contributed by atoms with E-state index in [-0.39, 0.29) is 6.61 Å². The molecular formula is C20H23BrN2O4. The Morgan fingerprint density at radius 1 is 1.04 bits per heavy atom. The lowest BCUT2D eigenvalue weighted by atomic mass is 10.2. The topological polar surface area (TPSA) is 76.7 Å². The van der Waals surface area contributed by atoms with Crippen molar-refractivity contribution in [1.82, 2.24) is 10.9 Å². The predicted octanol–water partition coefficient (Wildman–Crippen LogP) is 3.78. The zero-order valence-electron chi connectivity index (χ0n) is 15.4. The first-order valence-corrected chi connectivity index (χ1v) is 9.50. The number of hydrogen-bond acceptors (Lipinski definition) is 4. The van der Waals surface area contributed by atoms with Gasteiger partial charge >= 0.3 is 0 Å². The van der Waals surface area contributed by atoms with Gasteiger partial charge in [0.25, 0.3) is 11.8 Å². The van der Waals surface area contributed by atoms with Gasteiger partial charge in [-0.15, -0.1) is 0 Å². The van der Waals surface area contributed by atoms with Gasteiger partial charge < -0.3 is 9.47 Å². The highest BCUT2D eigenvalue weighted by molar-refractivity contribution is 9.10. The van der Waals surface area contributed by atoms with Crippen LogP contribution < -0.4 is 20.3 Å². The molecule has 0 saturated heterocycles. The summed E-state index contributed by atoms with van der Waals surface area (Å²) in [6.07, 6.45) is 1.90. The molecule has 0 spiro atoms. The Hall–Kier alpha value is -2.54. The second-order valence-corrected chi connectivity index (χ2v) is 6.78. The summed E-state index contributed by atoms with van der Waals surface area (Å²) in [5.41, 5.74) is 6.15. The quantitative estimate of drug-likeness (QED) is 0.489. The molecule has 0 atom stereocenters. The summed E-state index contributed by atoms with van der Waals surface area (Å²) in [4.78, 5) is 24.2. The molecule has 0 fully saturated rings. The summed E-state index contributed by atoms with van der Waals surface area (Å²) >= 11 is 3.38. The van der Waals surface area contributed by atoms with E-state index in [2.05, 4.69) is 33.7 Å². The standard InChI is InChI=1S/C20H23BrN2O4/c1-3-4-11-26-17-8-6-5-7-15(17)20(25)23-22-19(24)13-27-18-10-9-14(2)12-16(18)21/h5-10,12H,3-4,11,13H2,1-2H3,(H,22,24)(H,23,25). The summed E-state index contributed by atoms with van der Waals surface area (Å²) in [5.74, 6) is 0.112. The fourth-order valence-electron chi connectivity index (χ4n) is 2.20. The van der Waals surface area contributed by atoms with Crippen molar-refractivity contribution in [3.05, 3.63) is 58.1 Å². The van der Waals surface area contributed by atoms with Crippen molar-refractivity contribution < 1.29 is 19.1 Å². The maximum atomic E-state index is 12.3. The summed E-state index contributed by atoms with van der Waals surface area (Å²) in [5, 5.41) is 0. The number of nitrogens with one attached hydrogen (secondary N) is 2.